The molecule has 0 aromatic carbocycles. The van der Waals surface area contributed by atoms with Gasteiger partial charge < -0.3 is 15.1 Å². The average Bonchev–Trinajstić information content (AvgIpc) is 2.95. The molecule has 5 nitrogen and oxygen atoms in total. The number of hydrogen-bond donors (Lipinski definition) is 1. The van der Waals surface area contributed by atoms with Crippen LogP contribution in [0.25, 0.3) is 10.8 Å². The Bertz CT molecular complexity index is 501. The van der Waals surface area contributed by atoms with Gasteiger partial charge in [0.2, 0.25) is 5.89 Å². The highest BCUT2D eigenvalue weighted by Crippen LogP contribution is 2.23. The second-order valence-corrected chi connectivity index (χ2v) is 4.64. The molecule has 0 unspecified atom stereocenters. The largest absolute Gasteiger partial charge is 0.443 e. The maximum absolute atomic E-state index is 5.69. The van der Waals surface area contributed by atoms with Gasteiger partial charge in [-0.1, -0.05) is 6.07 Å². The first-order valence-electron chi connectivity index (χ1n) is 5.12. The zero-order valence-corrected chi connectivity index (χ0v) is 10.6. The summed E-state index contributed by atoms with van der Waals surface area (Å²) in [5, 5.41) is 1.99. The lowest BCUT2D eigenvalue weighted by Gasteiger charge is -2.09. The quantitative estimate of drug-likeness (QED) is 0.666. The summed E-state index contributed by atoms with van der Waals surface area (Å²) in [6, 6.07) is 3.93. The van der Waals surface area contributed by atoms with Gasteiger partial charge in [-0.05, 0) is 11.4 Å². The van der Waals surface area contributed by atoms with Crippen molar-refractivity contribution in [1.82, 2.24) is 9.88 Å². The van der Waals surface area contributed by atoms with Crippen LogP contribution in [0.4, 0.5) is 0 Å². The Kier molecular flexibility index (Phi) is 3.43. The van der Waals surface area contributed by atoms with Gasteiger partial charge in [0, 0.05) is 14.1 Å². The normalized spacial score (nSPS) is 11.8. The third-order valence-corrected chi connectivity index (χ3v) is 3.00. The number of hydrogen-bond acceptors (Lipinski definition) is 4. The first kappa shape index (κ1) is 11.7. The summed E-state index contributed by atoms with van der Waals surface area (Å²) in [5.74, 6) is 1.11. The molecular formula is C11H14N4OS. The topological polar surface area (TPSA) is 67.7 Å². The van der Waals surface area contributed by atoms with Crippen LogP contribution in [0.5, 0.6) is 0 Å². The van der Waals surface area contributed by atoms with Crippen LogP contribution in [0.2, 0.25) is 0 Å². The van der Waals surface area contributed by atoms with Crippen LogP contribution in [-0.2, 0) is 6.54 Å². The molecule has 0 aliphatic carbocycles. The van der Waals surface area contributed by atoms with Crippen LogP contribution in [0.15, 0.2) is 33.2 Å². The molecule has 0 atom stereocenters. The standard InChI is InChI=1S/C11H14N4OS/c1-15(2)11(12)13-6-8-7-16-10(14-8)9-4-3-5-17-9/h3-5,7H,6H2,1-2H3,(H2,12,13). The zero-order chi connectivity index (χ0) is 12.3. The summed E-state index contributed by atoms with van der Waals surface area (Å²) < 4.78 is 5.38. The number of guanidine groups is 1. The van der Waals surface area contributed by atoms with E-state index in [1.54, 1.807) is 22.5 Å². The van der Waals surface area contributed by atoms with Gasteiger partial charge in [0.25, 0.3) is 0 Å². The number of oxazole rings is 1. The molecule has 0 fully saturated rings. The molecular weight excluding hydrogens is 236 g/mol. The van der Waals surface area contributed by atoms with Crippen LogP contribution >= 0.6 is 11.3 Å². The minimum absolute atomic E-state index is 0.429. The predicted octanol–water partition coefficient (Wildman–Crippen LogP) is 1.78. The van der Waals surface area contributed by atoms with Crippen LogP contribution in [-0.4, -0.2) is 29.9 Å². The Morgan fingerprint density at radius 2 is 2.41 bits per heavy atom. The smallest absolute Gasteiger partial charge is 0.236 e. The van der Waals surface area contributed by atoms with Crippen molar-refractivity contribution in [2.45, 2.75) is 6.54 Å². The molecule has 0 aliphatic heterocycles. The minimum Gasteiger partial charge on any atom is -0.443 e. The zero-order valence-electron chi connectivity index (χ0n) is 9.75. The van der Waals surface area contributed by atoms with Crippen molar-refractivity contribution in [2.24, 2.45) is 10.7 Å². The minimum atomic E-state index is 0.429. The molecule has 0 amide bonds. The molecule has 0 spiro atoms. The molecule has 90 valence electrons. The summed E-state index contributed by atoms with van der Waals surface area (Å²) in [5.41, 5.74) is 6.46. The lowest BCUT2D eigenvalue weighted by Crippen LogP contribution is -2.30. The van der Waals surface area contributed by atoms with Crippen molar-refractivity contribution in [2.75, 3.05) is 14.1 Å². The van der Waals surface area contributed by atoms with Crippen LogP contribution in [0.1, 0.15) is 5.69 Å². The lowest BCUT2D eigenvalue weighted by atomic mass is 10.4. The highest BCUT2D eigenvalue weighted by atomic mass is 32.1. The van der Waals surface area contributed by atoms with Crippen LogP contribution in [0.3, 0.4) is 0 Å². The van der Waals surface area contributed by atoms with Gasteiger partial charge in [-0.3, -0.25) is 0 Å². The molecule has 2 heterocycles. The molecule has 17 heavy (non-hydrogen) atoms. The summed E-state index contributed by atoms with van der Waals surface area (Å²) in [6.45, 7) is 0.429. The van der Waals surface area contributed by atoms with E-state index < -0.39 is 0 Å². The number of thiophene rings is 1. The molecule has 0 bridgehead atoms. The van der Waals surface area contributed by atoms with E-state index in [4.69, 9.17) is 10.2 Å². The molecule has 0 saturated heterocycles. The first-order chi connectivity index (χ1) is 8.16. The van der Waals surface area contributed by atoms with Crippen molar-refractivity contribution in [3.63, 3.8) is 0 Å². The molecule has 0 aliphatic rings. The van der Waals surface area contributed by atoms with Gasteiger partial charge in [0.15, 0.2) is 5.96 Å². The van der Waals surface area contributed by atoms with Gasteiger partial charge in [-0.25, -0.2) is 9.98 Å². The number of aliphatic imine (C=N–C) groups is 1. The number of nitrogens with two attached hydrogens (primary N) is 1. The Hall–Kier alpha value is -1.82. The summed E-state index contributed by atoms with van der Waals surface area (Å²) in [6.07, 6.45) is 1.61. The number of rotatable bonds is 3. The second kappa shape index (κ2) is 5.01. The van der Waals surface area contributed by atoms with E-state index in [2.05, 4.69) is 9.98 Å². The van der Waals surface area contributed by atoms with Crippen LogP contribution in [0, 0.1) is 0 Å². The fourth-order valence-electron chi connectivity index (χ4n) is 1.20. The van der Waals surface area contributed by atoms with E-state index in [9.17, 15) is 0 Å². The van der Waals surface area contributed by atoms with Crippen molar-refractivity contribution < 1.29 is 4.42 Å². The second-order valence-electron chi connectivity index (χ2n) is 3.69. The van der Waals surface area contributed by atoms with E-state index >= 15 is 0 Å². The van der Waals surface area contributed by atoms with Crippen molar-refractivity contribution >= 4 is 17.3 Å². The highest BCUT2D eigenvalue weighted by Gasteiger charge is 2.07. The SMILES string of the molecule is CN(C)C(N)=NCc1coc(-c2cccs2)n1. The molecule has 0 radical (unpaired) electrons. The fourth-order valence-corrected chi connectivity index (χ4v) is 1.85. The highest BCUT2D eigenvalue weighted by molar-refractivity contribution is 7.13. The van der Waals surface area contributed by atoms with Gasteiger partial charge >= 0.3 is 0 Å². The van der Waals surface area contributed by atoms with E-state index in [1.807, 2.05) is 31.6 Å². The summed E-state index contributed by atoms with van der Waals surface area (Å²) >= 11 is 1.59. The molecule has 6 heteroatoms. The maximum Gasteiger partial charge on any atom is 0.236 e. The van der Waals surface area contributed by atoms with Crippen molar-refractivity contribution in [1.29, 1.82) is 0 Å². The Morgan fingerprint density at radius 3 is 3.06 bits per heavy atom. The molecule has 2 aromatic rings. The van der Waals surface area contributed by atoms with E-state index in [0.29, 0.717) is 18.4 Å². The maximum atomic E-state index is 5.69. The van der Waals surface area contributed by atoms with Crippen LogP contribution < -0.4 is 5.73 Å². The fraction of sp³-hybridized carbons (Fsp3) is 0.273. The summed E-state index contributed by atoms with van der Waals surface area (Å²) in [4.78, 5) is 11.3. The molecule has 0 saturated carbocycles. The van der Waals surface area contributed by atoms with E-state index in [1.165, 1.54) is 0 Å². The predicted molar refractivity (Wildman–Crippen MR) is 68.8 cm³/mol. The van der Waals surface area contributed by atoms with Crippen molar-refractivity contribution in [3.8, 4) is 10.8 Å². The van der Waals surface area contributed by atoms with Gasteiger partial charge in [0.05, 0.1) is 11.4 Å². The Morgan fingerprint density at radius 1 is 1.59 bits per heavy atom. The molecule has 2 aromatic heterocycles. The van der Waals surface area contributed by atoms with E-state index in [0.717, 1.165) is 10.6 Å². The lowest BCUT2D eigenvalue weighted by molar-refractivity contribution is 0.573. The molecule has 2 rings (SSSR count). The average molecular weight is 250 g/mol. The third kappa shape index (κ3) is 2.85. The Labute approximate surface area is 104 Å². The van der Waals surface area contributed by atoms with Gasteiger partial charge in [0.1, 0.15) is 12.0 Å². The van der Waals surface area contributed by atoms with E-state index in [-0.39, 0.29) is 0 Å². The van der Waals surface area contributed by atoms with Crippen molar-refractivity contribution in [3.05, 3.63) is 29.5 Å². The van der Waals surface area contributed by atoms with Gasteiger partial charge in [-0.15, -0.1) is 11.3 Å². The number of aromatic nitrogens is 1. The third-order valence-electron chi connectivity index (χ3n) is 2.14. The monoisotopic (exact) mass is 250 g/mol. The number of nitrogens with zero attached hydrogens (tertiary/aromatic N) is 3. The summed E-state index contributed by atoms with van der Waals surface area (Å²) in [7, 11) is 3.69. The van der Waals surface area contributed by atoms with Gasteiger partial charge in [-0.2, -0.15) is 0 Å². The Balaban J connectivity index is 2.07. The first-order valence-corrected chi connectivity index (χ1v) is 6.00. The molecule has 2 N–H and O–H groups in total.